The molecule has 0 aliphatic carbocycles. The number of rotatable bonds is 2. The van der Waals surface area contributed by atoms with Gasteiger partial charge < -0.3 is 15.3 Å². The zero-order valence-electron chi connectivity index (χ0n) is 9.40. The predicted octanol–water partition coefficient (Wildman–Crippen LogP) is -0.877. The molecule has 2 heterocycles. The summed E-state index contributed by atoms with van der Waals surface area (Å²) in [6.45, 7) is 2.99. The Morgan fingerprint density at radius 2 is 2.38 bits per heavy atom. The number of hydrogen-bond donors (Lipinski definition) is 3. The molecule has 6 heteroatoms. The third-order valence-corrected chi connectivity index (χ3v) is 2.89. The molecule has 0 bridgehead atoms. The number of β-amino-alcohol motifs (C(OH)–C–C–N with tert-alkyl or cyclic N) is 1. The molecular weight excluding hydrogens is 208 g/mol. The number of aromatic nitrogens is 2. The summed E-state index contributed by atoms with van der Waals surface area (Å²) >= 11 is 0. The molecule has 3 N–H and O–H groups in total. The summed E-state index contributed by atoms with van der Waals surface area (Å²) < 4.78 is 0. The minimum Gasteiger partial charge on any atom is -0.390 e. The SMILES string of the molecule is Cc1cc(C(=O)N(C)[C@H]2CNC[C@@H]2O)n[nH]1. The van der Waals surface area contributed by atoms with E-state index in [0.29, 0.717) is 18.8 Å². The van der Waals surface area contributed by atoms with Crippen molar-refractivity contribution in [3.8, 4) is 0 Å². The van der Waals surface area contributed by atoms with Crippen molar-refractivity contribution < 1.29 is 9.90 Å². The molecule has 1 aromatic rings. The Labute approximate surface area is 93.6 Å². The molecule has 0 radical (unpaired) electrons. The van der Waals surface area contributed by atoms with Crippen LogP contribution in [-0.4, -0.2) is 58.4 Å². The average molecular weight is 224 g/mol. The van der Waals surface area contributed by atoms with Gasteiger partial charge in [0.2, 0.25) is 0 Å². The molecule has 88 valence electrons. The van der Waals surface area contributed by atoms with Crippen molar-refractivity contribution in [3.63, 3.8) is 0 Å². The van der Waals surface area contributed by atoms with Crippen molar-refractivity contribution in [1.82, 2.24) is 20.4 Å². The van der Waals surface area contributed by atoms with Crippen LogP contribution in [0.25, 0.3) is 0 Å². The Hall–Kier alpha value is -1.40. The maximum Gasteiger partial charge on any atom is 0.274 e. The molecule has 1 saturated heterocycles. The van der Waals surface area contributed by atoms with Crippen LogP contribution in [0.15, 0.2) is 6.07 Å². The largest absolute Gasteiger partial charge is 0.390 e. The van der Waals surface area contributed by atoms with E-state index in [9.17, 15) is 9.90 Å². The van der Waals surface area contributed by atoms with Gasteiger partial charge in [0.25, 0.3) is 5.91 Å². The second-order valence-electron chi connectivity index (χ2n) is 4.15. The fourth-order valence-electron chi connectivity index (χ4n) is 1.91. The number of aliphatic hydroxyl groups is 1. The lowest BCUT2D eigenvalue weighted by molar-refractivity contribution is 0.0576. The smallest absolute Gasteiger partial charge is 0.274 e. The normalized spacial score (nSPS) is 24.7. The maximum atomic E-state index is 12.0. The number of carbonyl (C=O) groups is 1. The first-order valence-electron chi connectivity index (χ1n) is 5.27. The van der Waals surface area contributed by atoms with Crippen LogP contribution in [0.4, 0.5) is 0 Å². The summed E-state index contributed by atoms with van der Waals surface area (Å²) in [4.78, 5) is 13.5. The summed E-state index contributed by atoms with van der Waals surface area (Å²) in [5.74, 6) is -0.169. The van der Waals surface area contributed by atoms with E-state index in [-0.39, 0.29) is 11.9 Å². The zero-order chi connectivity index (χ0) is 11.7. The van der Waals surface area contributed by atoms with Crippen molar-refractivity contribution in [2.45, 2.75) is 19.1 Å². The Morgan fingerprint density at radius 1 is 1.62 bits per heavy atom. The number of aliphatic hydroxyl groups excluding tert-OH is 1. The molecule has 6 nitrogen and oxygen atoms in total. The highest BCUT2D eigenvalue weighted by Crippen LogP contribution is 2.11. The Kier molecular flexibility index (Phi) is 2.93. The zero-order valence-corrected chi connectivity index (χ0v) is 9.40. The molecule has 1 aromatic heterocycles. The van der Waals surface area contributed by atoms with Crippen LogP contribution in [-0.2, 0) is 0 Å². The third-order valence-electron chi connectivity index (χ3n) is 2.89. The lowest BCUT2D eigenvalue weighted by Crippen LogP contribution is -2.44. The van der Waals surface area contributed by atoms with E-state index in [0.717, 1.165) is 5.69 Å². The lowest BCUT2D eigenvalue weighted by Gasteiger charge is -2.25. The van der Waals surface area contributed by atoms with Gasteiger partial charge in [0, 0.05) is 25.8 Å². The standard InChI is InChI=1S/C10H16N4O2/c1-6-3-7(13-12-6)10(16)14(2)8-4-11-5-9(8)15/h3,8-9,11,15H,4-5H2,1-2H3,(H,12,13)/t8-,9-/m0/s1. The van der Waals surface area contributed by atoms with Gasteiger partial charge in [0.05, 0.1) is 12.1 Å². The molecular formula is C10H16N4O2. The Morgan fingerprint density at radius 3 is 2.88 bits per heavy atom. The maximum absolute atomic E-state index is 12.0. The monoisotopic (exact) mass is 224 g/mol. The van der Waals surface area contributed by atoms with Crippen LogP contribution >= 0.6 is 0 Å². The number of nitrogens with one attached hydrogen (secondary N) is 2. The first-order chi connectivity index (χ1) is 7.59. The van der Waals surface area contributed by atoms with E-state index in [1.54, 1.807) is 18.0 Å². The minimum atomic E-state index is -0.506. The number of aryl methyl sites for hydroxylation is 1. The molecule has 16 heavy (non-hydrogen) atoms. The molecule has 0 spiro atoms. The highest BCUT2D eigenvalue weighted by Gasteiger charge is 2.32. The number of H-pyrrole nitrogens is 1. The fourth-order valence-corrected chi connectivity index (χ4v) is 1.91. The van der Waals surface area contributed by atoms with Crippen molar-refractivity contribution in [2.75, 3.05) is 20.1 Å². The van der Waals surface area contributed by atoms with Gasteiger partial charge in [-0.3, -0.25) is 9.89 Å². The van der Waals surface area contributed by atoms with Crippen LogP contribution in [0.5, 0.6) is 0 Å². The average Bonchev–Trinajstić information content (AvgIpc) is 2.85. The molecule has 0 saturated carbocycles. The fraction of sp³-hybridized carbons (Fsp3) is 0.600. The molecule has 2 rings (SSSR count). The quantitative estimate of drug-likeness (QED) is 0.609. The lowest BCUT2D eigenvalue weighted by atomic mass is 10.2. The van der Waals surface area contributed by atoms with E-state index in [1.165, 1.54) is 0 Å². The molecule has 0 aromatic carbocycles. The van der Waals surface area contributed by atoms with Gasteiger partial charge in [0.1, 0.15) is 5.69 Å². The summed E-state index contributed by atoms with van der Waals surface area (Å²) in [5.41, 5.74) is 1.24. The van der Waals surface area contributed by atoms with Crippen LogP contribution in [0, 0.1) is 6.92 Å². The van der Waals surface area contributed by atoms with E-state index < -0.39 is 6.10 Å². The van der Waals surface area contributed by atoms with Gasteiger partial charge in [-0.25, -0.2) is 0 Å². The van der Waals surface area contributed by atoms with Gasteiger partial charge in [-0.15, -0.1) is 0 Å². The van der Waals surface area contributed by atoms with E-state index >= 15 is 0 Å². The van der Waals surface area contributed by atoms with Crippen molar-refractivity contribution in [3.05, 3.63) is 17.5 Å². The molecule has 2 atom stereocenters. The summed E-state index contributed by atoms with van der Waals surface area (Å²) in [7, 11) is 1.69. The predicted molar refractivity (Wildman–Crippen MR) is 58.1 cm³/mol. The highest BCUT2D eigenvalue weighted by atomic mass is 16.3. The van der Waals surface area contributed by atoms with E-state index in [4.69, 9.17) is 0 Å². The first-order valence-corrected chi connectivity index (χ1v) is 5.27. The van der Waals surface area contributed by atoms with Gasteiger partial charge >= 0.3 is 0 Å². The van der Waals surface area contributed by atoms with Gasteiger partial charge in [-0.1, -0.05) is 0 Å². The van der Waals surface area contributed by atoms with E-state index in [1.807, 2.05) is 6.92 Å². The van der Waals surface area contributed by atoms with E-state index in [2.05, 4.69) is 15.5 Å². The molecule has 1 aliphatic rings. The summed E-state index contributed by atoms with van der Waals surface area (Å²) in [6.07, 6.45) is -0.506. The summed E-state index contributed by atoms with van der Waals surface area (Å²) in [5, 5.41) is 19.4. The van der Waals surface area contributed by atoms with Crippen molar-refractivity contribution in [2.24, 2.45) is 0 Å². The molecule has 1 fully saturated rings. The summed E-state index contributed by atoms with van der Waals surface area (Å²) in [6, 6.07) is 1.53. The van der Waals surface area contributed by atoms with Crippen LogP contribution in [0.2, 0.25) is 0 Å². The number of nitrogens with zero attached hydrogens (tertiary/aromatic N) is 2. The Balaban J connectivity index is 2.10. The number of likely N-dealkylation sites (N-methyl/N-ethyl adjacent to an activating group) is 1. The number of carbonyl (C=O) groups excluding carboxylic acids is 1. The number of amides is 1. The molecule has 1 amide bonds. The minimum absolute atomic E-state index is 0.169. The van der Waals surface area contributed by atoms with Crippen LogP contribution in [0.1, 0.15) is 16.2 Å². The second-order valence-corrected chi connectivity index (χ2v) is 4.15. The Bertz CT molecular complexity index is 390. The highest BCUT2D eigenvalue weighted by molar-refractivity contribution is 5.92. The van der Waals surface area contributed by atoms with Gasteiger partial charge in [0.15, 0.2) is 0 Å². The van der Waals surface area contributed by atoms with Gasteiger partial charge in [-0.2, -0.15) is 5.10 Å². The van der Waals surface area contributed by atoms with Crippen LogP contribution in [0.3, 0.4) is 0 Å². The molecule has 1 aliphatic heterocycles. The molecule has 0 unspecified atom stereocenters. The van der Waals surface area contributed by atoms with Gasteiger partial charge in [-0.05, 0) is 13.0 Å². The van der Waals surface area contributed by atoms with Crippen molar-refractivity contribution in [1.29, 1.82) is 0 Å². The topological polar surface area (TPSA) is 81.2 Å². The number of hydrogen-bond acceptors (Lipinski definition) is 4. The first kappa shape index (κ1) is 11.1. The van der Waals surface area contributed by atoms with Crippen LogP contribution < -0.4 is 5.32 Å². The third kappa shape index (κ3) is 1.94. The van der Waals surface area contributed by atoms with Crippen molar-refractivity contribution >= 4 is 5.91 Å². The number of aromatic amines is 1. The second kappa shape index (κ2) is 4.23.